The minimum atomic E-state index is -4.24. The van der Waals surface area contributed by atoms with Crippen LogP contribution in [0.2, 0.25) is 0 Å². The topological polar surface area (TPSA) is 208 Å². The van der Waals surface area contributed by atoms with Gasteiger partial charge in [-0.2, -0.15) is 23.1 Å². The van der Waals surface area contributed by atoms with Crippen LogP contribution in [0.5, 0.6) is 11.5 Å². The highest BCUT2D eigenvalue weighted by Gasteiger charge is 2.53. The summed E-state index contributed by atoms with van der Waals surface area (Å²) in [4.78, 5) is 62.1. The van der Waals surface area contributed by atoms with Crippen LogP contribution in [-0.2, 0) is 26.3 Å². The number of carbonyl (C=O) groups excluding carboxylic acids is 3. The zero-order valence-corrected chi connectivity index (χ0v) is 37.6. The third kappa shape index (κ3) is 7.92. The normalized spacial score (nSPS) is 22.3. The Balaban J connectivity index is 0.680. The first-order valence-corrected chi connectivity index (χ1v) is 24.3. The molecule has 18 nitrogen and oxygen atoms in total. The third-order valence-corrected chi connectivity index (χ3v) is 16.0. The van der Waals surface area contributed by atoms with Crippen LogP contribution in [0.1, 0.15) is 72.5 Å². The number of alkyl halides is 1. The maximum absolute atomic E-state index is 15.2. The second-order valence-electron chi connectivity index (χ2n) is 19.0. The molecule has 1 saturated carbocycles. The predicted octanol–water partition coefficient (Wildman–Crippen LogP) is 4.40. The molecule has 4 saturated heterocycles. The number of imide groups is 1. The molecular weight excluding hydrogens is 901 g/mol. The number of hydrogen-bond acceptors (Lipinski definition) is 12. The maximum Gasteiger partial charge on any atom is 0.301 e. The van der Waals surface area contributed by atoms with Crippen LogP contribution >= 0.6 is 0 Å². The summed E-state index contributed by atoms with van der Waals surface area (Å²) in [6.45, 7) is 4.98. The van der Waals surface area contributed by atoms with Gasteiger partial charge in [-0.05, 0) is 104 Å². The van der Waals surface area contributed by atoms with Crippen molar-refractivity contribution in [3.63, 3.8) is 0 Å². The van der Waals surface area contributed by atoms with Gasteiger partial charge >= 0.3 is 10.2 Å². The van der Waals surface area contributed by atoms with Gasteiger partial charge in [0.2, 0.25) is 11.8 Å². The molecule has 2 aromatic heterocycles. The van der Waals surface area contributed by atoms with E-state index in [2.05, 4.69) is 30.9 Å². The monoisotopic (exact) mass is 947 g/mol. The van der Waals surface area contributed by atoms with Crippen LogP contribution < -0.4 is 25.2 Å². The van der Waals surface area contributed by atoms with Crippen LogP contribution in [0.15, 0.2) is 71.9 Å². The van der Waals surface area contributed by atoms with Gasteiger partial charge in [-0.15, -0.1) is 0 Å². The number of halogens is 2. The number of aromatic nitrogens is 4. The minimum absolute atomic E-state index is 0.00656. The lowest BCUT2D eigenvalue weighted by Crippen LogP contribution is -2.63. The molecule has 1 unspecified atom stereocenters. The van der Waals surface area contributed by atoms with E-state index < -0.39 is 51.0 Å². The second-order valence-corrected chi connectivity index (χ2v) is 20.7. The highest BCUT2D eigenvalue weighted by atomic mass is 32.2. The molecular formula is C47H47F2N11O7S. The first-order valence-electron chi connectivity index (χ1n) is 22.9. The summed E-state index contributed by atoms with van der Waals surface area (Å²) in [6, 6.07) is 15.5. The number of amides is 3. The number of likely N-dealkylation sites (tertiary alicyclic amines) is 1. The zero-order chi connectivity index (χ0) is 47.1. The van der Waals surface area contributed by atoms with Gasteiger partial charge in [0.25, 0.3) is 11.5 Å². The van der Waals surface area contributed by atoms with Crippen LogP contribution in [0.3, 0.4) is 0 Å². The number of nitrogens with one attached hydrogen (secondary N) is 2. The Kier molecular flexibility index (Phi) is 10.8. The van der Waals surface area contributed by atoms with E-state index in [1.807, 2.05) is 23.0 Å². The maximum atomic E-state index is 15.2. The molecule has 352 valence electrons. The molecule has 68 heavy (non-hydrogen) atoms. The number of fused-ring (bicyclic) bond motifs is 2. The van der Waals surface area contributed by atoms with Gasteiger partial charge in [0.1, 0.15) is 35.9 Å². The first-order chi connectivity index (χ1) is 32.7. The molecule has 21 heteroatoms. The van der Waals surface area contributed by atoms with Gasteiger partial charge in [-0.1, -0.05) is 0 Å². The lowest BCUT2D eigenvalue weighted by atomic mass is 9.60. The summed E-state index contributed by atoms with van der Waals surface area (Å²) in [6.07, 6.45) is 6.68. The summed E-state index contributed by atoms with van der Waals surface area (Å²) >= 11 is 0. The Morgan fingerprint density at radius 2 is 1.78 bits per heavy atom. The molecule has 0 radical (unpaired) electrons. The lowest BCUT2D eigenvalue weighted by Gasteiger charge is -2.59. The van der Waals surface area contributed by atoms with E-state index in [4.69, 9.17) is 9.84 Å². The average molecular weight is 948 g/mol. The van der Waals surface area contributed by atoms with E-state index in [-0.39, 0.29) is 66.0 Å². The summed E-state index contributed by atoms with van der Waals surface area (Å²) in [5.74, 6) is -1.37. The molecule has 0 bridgehead atoms. The van der Waals surface area contributed by atoms with Crippen molar-refractivity contribution >= 4 is 50.2 Å². The minimum Gasteiger partial charge on any atom is -0.453 e. The zero-order valence-electron chi connectivity index (χ0n) is 36.8. The predicted molar refractivity (Wildman–Crippen MR) is 243 cm³/mol. The SMILES string of the molecule is N#Cc1c(NS(=O)(=O)N2CC[C@@H](F)C2)ccc(F)c1Oc1ccc2ncn(-c3ccn(C4CC5(C4)CN(CC4CCN(c6ccc7c(c6)CN(C6CCC(=O)NC6=O)C7=O)CC4)C5)n3)c(=O)c2c1. The Morgan fingerprint density at radius 3 is 2.53 bits per heavy atom. The Bertz CT molecular complexity index is 3120. The molecule has 6 aliphatic rings. The van der Waals surface area contributed by atoms with Gasteiger partial charge in [0.15, 0.2) is 17.4 Å². The van der Waals surface area contributed by atoms with Crippen molar-refractivity contribution in [3.05, 3.63) is 100.0 Å². The van der Waals surface area contributed by atoms with Crippen LogP contribution in [-0.4, -0.2) is 118 Å². The van der Waals surface area contributed by atoms with E-state index in [0.717, 1.165) is 86.1 Å². The van der Waals surface area contributed by atoms with Crippen molar-refractivity contribution < 1.29 is 36.3 Å². The lowest BCUT2D eigenvalue weighted by molar-refractivity contribution is -0.136. The molecule has 5 aromatic rings. The Hall–Kier alpha value is -6.76. The number of hydrogen-bond donors (Lipinski definition) is 2. The molecule has 1 aliphatic carbocycles. The van der Waals surface area contributed by atoms with E-state index in [9.17, 15) is 37.2 Å². The summed E-state index contributed by atoms with van der Waals surface area (Å²) in [7, 11) is -4.24. The Labute approximate surface area is 389 Å². The third-order valence-electron chi connectivity index (χ3n) is 14.5. The van der Waals surface area contributed by atoms with Crippen LogP contribution in [0.25, 0.3) is 16.7 Å². The number of nitrogens with zero attached hydrogens (tertiary/aromatic N) is 9. The fraction of sp³-hybridized carbons (Fsp3) is 0.426. The molecule has 3 amide bonds. The number of nitriles is 1. The van der Waals surface area contributed by atoms with E-state index in [1.165, 1.54) is 29.1 Å². The Morgan fingerprint density at radius 1 is 0.971 bits per heavy atom. The average Bonchev–Trinajstić information content (AvgIpc) is 4.05. The standard InChI is InChI=1S/C47H47F2N11O7S/c48-30-11-15-57(24-30)68(65,66)54-39-6-4-37(49)43(36(39)21-50)67-33-2-5-38-35(18-33)46(64)59(27-51-38)41-12-16-60(53-41)32-19-47(20-32)25-55(26-47)22-28-9-13-56(14-10-28)31-1-3-34-29(17-31)23-58(45(34)63)40-7-8-42(61)52-44(40)62/h1-6,12,16-18,27-28,30,32,40,54H,7-11,13-15,19-20,22-26H2,(H,52,61,62)/t30-,40?/m1/s1. The fourth-order valence-corrected chi connectivity index (χ4v) is 12.3. The van der Waals surface area contributed by atoms with Crippen LogP contribution in [0, 0.1) is 28.5 Å². The number of anilines is 2. The number of ether oxygens (including phenoxy) is 1. The molecule has 1 spiro atoms. The molecule has 5 fully saturated rings. The quantitative estimate of drug-likeness (QED) is 0.177. The number of piperidine rings is 2. The summed E-state index contributed by atoms with van der Waals surface area (Å²) in [5.41, 5.74) is 2.10. The van der Waals surface area contributed by atoms with Gasteiger partial charge < -0.3 is 19.4 Å². The van der Waals surface area contributed by atoms with Crippen LogP contribution in [0.4, 0.5) is 20.2 Å². The first kappa shape index (κ1) is 43.8. The number of benzene rings is 3. The largest absolute Gasteiger partial charge is 0.453 e. The molecule has 11 rings (SSSR count). The molecule has 3 aromatic carbocycles. The smallest absolute Gasteiger partial charge is 0.301 e. The molecule has 5 aliphatic heterocycles. The highest BCUT2D eigenvalue weighted by Crippen LogP contribution is 2.54. The van der Waals surface area contributed by atoms with E-state index in [1.54, 1.807) is 17.0 Å². The van der Waals surface area contributed by atoms with Crippen molar-refractivity contribution in [1.29, 1.82) is 5.26 Å². The fourth-order valence-electron chi connectivity index (χ4n) is 11.0. The molecule has 2 atom stereocenters. The van der Waals surface area contributed by atoms with E-state index in [0.29, 0.717) is 35.8 Å². The van der Waals surface area contributed by atoms with Crippen molar-refractivity contribution in [2.75, 3.05) is 55.4 Å². The van der Waals surface area contributed by atoms with Gasteiger partial charge in [0.05, 0.1) is 22.6 Å². The van der Waals surface area contributed by atoms with Crippen molar-refractivity contribution in [2.45, 2.75) is 69.7 Å². The van der Waals surface area contributed by atoms with Gasteiger partial charge in [-0.25, -0.2) is 18.3 Å². The molecule has 2 N–H and O–H groups in total. The highest BCUT2D eigenvalue weighted by molar-refractivity contribution is 7.90. The summed E-state index contributed by atoms with van der Waals surface area (Å²) in [5, 5.41) is 17.2. The van der Waals surface area contributed by atoms with E-state index >= 15 is 4.39 Å². The van der Waals surface area contributed by atoms with Gasteiger partial charge in [-0.3, -0.25) is 33.9 Å². The molecule has 7 heterocycles. The van der Waals surface area contributed by atoms with Gasteiger partial charge in [0, 0.05) is 82.3 Å². The van der Waals surface area contributed by atoms with Crippen molar-refractivity contribution in [3.8, 4) is 23.4 Å². The number of carbonyl (C=O) groups is 3. The second kappa shape index (κ2) is 16.8. The summed E-state index contributed by atoms with van der Waals surface area (Å²) < 4.78 is 67.0. The van der Waals surface area contributed by atoms with Crippen molar-refractivity contribution in [1.82, 2.24) is 38.8 Å². The number of rotatable bonds is 11. The van der Waals surface area contributed by atoms with Crippen molar-refractivity contribution in [2.24, 2.45) is 11.3 Å².